The van der Waals surface area contributed by atoms with E-state index in [1.54, 1.807) is 11.4 Å². The van der Waals surface area contributed by atoms with Crippen LogP contribution in [0.15, 0.2) is 34.7 Å². The largest absolute Gasteiger partial charge is 0.433 e. The number of carbonyl (C=O) groups is 1. The molecular weight excluding hydrogens is 471 g/mol. The Bertz CT molecular complexity index is 1210. The van der Waals surface area contributed by atoms with Gasteiger partial charge in [-0.05, 0) is 17.5 Å². The van der Waals surface area contributed by atoms with Gasteiger partial charge in [0.15, 0.2) is 17.0 Å². The molecule has 170 valence electrons. The summed E-state index contributed by atoms with van der Waals surface area (Å²) < 4.78 is 93.7. The van der Waals surface area contributed by atoms with Crippen molar-refractivity contribution in [1.29, 1.82) is 0 Å². The predicted octanol–water partition coefficient (Wildman–Crippen LogP) is 3.90. The van der Waals surface area contributed by atoms with Crippen molar-refractivity contribution < 1.29 is 40.6 Å². The summed E-state index contributed by atoms with van der Waals surface area (Å²) in [6.45, 7) is 0. The summed E-state index contributed by atoms with van der Waals surface area (Å²) in [7, 11) is 0. The second-order valence-corrected chi connectivity index (χ2v) is 7.61. The van der Waals surface area contributed by atoms with Crippen LogP contribution in [0.25, 0.3) is 16.2 Å². The highest BCUT2D eigenvalue weighted by molar-refractivity contribution is 7.13. The zero-order valence-electron chi connectivity index (χ0n) is 15.4. The second-order valence-electron chi connectivity index (χ2n) is 6.67. The Labute approximate surface area is 177 Å². The summed E-state index contributed by atoms with van der Waals surface area (Å²) in [6.07, 6.45) is -13.3. The molecule has 0 unspecified atom stereocenters. The van der Waals surface area contributed by atoms with E-state index in [2.05, 4.69) is 15.2 Å². The Balaban J connectivity index is 1.84. The van der Waals surface area contributed by atoms with Crippen LogP contribution in [0.4, 0.5) is 30.7 Å². The Morgan fingerprint density at radius 1 is 1.22 bits per heavy atom. The molecule has 0 aromatic carbocycles. The van der Waals surface area contributed by atoms with Crippen LogP contribution in [0.2, 0.25) is 0 Å². The van der Waals surface area contributed by atoms with E-state index in [1.165, 1.54) is 6.07 Å². The van der Waals surface area contributed by atoms with Gasteiger partial charge in [0.25, 0.3) is 18.8 Å². The first-order valence-electron chi connectivity index (χ1n) is 8.64. The third kappa shape index (κ3) is 3.60. The average Bonchev–Trinajstić information content (AvgIpc) is 3.44. The molecule has 3 aromatic rings. The van der Waals surface area contributed by atoms with Gasteiger partial charge in [-0.1, -0.05) is 6.07 Å². The number of aromatic nitrogens is 3. The summed E-state index contributed by atoms with van der Waals surface area (Å²) in [4.78, 5) is 17.1. The maximum Gasteiger partial charge on any atom is 0.433 e. The lowest BCUT2D eigenvalue weighted by Crippen LogP contribution is -2.51. The fraction of sp³-hybridized carbons (Fsp3) is 0.294. The number of fused-ring (bicyclic) bond motifs is 1. The van der Waals surface area contributed by atoms with Gasteiger partial charge < -0.3 is 5.11 Å². The van der Waals surface area contributed by atoms with Crippen LogP contribution in [0.3, 0.4) is 0 Å². The third-order valence-corrected chi connectivity index (χ3v) is 5.43. The summed E-state index contributed by atoms with van der Waals surface area (Å²) in [5.41, 5.74) is -7.29. The Kier molecular flexibility index (Phi) is 5.20. The number of alkyl halides is 7. The molecule has 32 heavy (non-hydrogen) atoms. The second kappa shape index (κ2) is 7.51. The monoisotopic (exact) mass is 481 g/mol. The minimum atomic E-state index is -4.93. The number of carbonyl (C=O) groups excluding carboxylic acids is 1. The molecule has 7 nitrogen and oxygen atoms in total. The minimum Gasteiger partial charge on any atom is -0.364 e. The highest BCUT2D eigenvalue weighted by Gasteiger charge is 2.54. The molecule has 0 aliphatic carbocycles. The number of nitrogens with zero attached hydrogens (tertiary/aromatic N) is 5. The lowest BCUT2D eigenvalue weighted by molar-refractivity contribution is -0.164. The van der Waals surface area contributed by atoms with Gasteiger partial charge in [0.1, 0.15) is 5.71 Å². The van der Waals surface area contributed by atoms with Gasteiger partial charge in [-0.25, -0.2) is 27.1 Å². The SMILES string of the molecule is O=C(c1cc2nc(-c3cccs3)cc(C(F)(F)F)n2n1)N1N=C(C(F)F)C[C@@]1(O)C(F)F. The van der Waals surface area contributed by atoms with E-state index in [9.17, 15) is 40.6 Å². The van der Waals surface area contributed by atoms with Crippen LogP contribution in [0, 0.1) is 0 Å². The van der Waals surface area contributed by atoms with Gasteiger partial charge in [-0.2, -0.15) is 28.4 Å². The first kappa shape index (κ1) is 22.1. The Morgan fingerprint density at radius 3 is 2.50 bits per heavy atom. The maximum atomic E-state index is 13.6. The van der Waals surface area contributed by atoms with E-state index < -0.39 is 59.8 Å². The van der Waals surface area contributed by atoms with Gasteiger partial charge >= 0.3 is 6.18 Å². The van der Waals surface area contributed by atoms with E-state index >= 15 is 0 Å². The molecule has 15 heteroatoms. The van der Waals surface area contributed by atoms with E-state index in [-0.39, 0.29) is 15.2 Å². The summed E-state index contributed by atoms with van der Waals surface area (Å²) in [5, 5.41) is 18.0. The van der Waals surface area contributed by atoms with Crippen molar-refractivity contribution in [3.8, 4) is 10.6 Å². The standard InChI is InChI=1S/C17H10F7N5O2S/c18-13(19)9-6-16(31,15(20)21)29(27-9)14(30)8-5-12-25-7(10-2-1-3-32-10)4-11(17(22,23)24)28(12)26-8/h1-5,13,15,31H,6H2/t16-/m1/s1. The molecule has 1 N–H and O–H groups in total. The van der Waals surface area contributed by atoms with Crippen molar-refractivity contribution in [2.24, 2.45) is 5.10 Å². The lowest BCUT2D eigenvalue weighted by atomic mass is 10.1. The predicted molar refractivity (Wildman–Crippen MR) is 96.5 cm³/mol. The fourth-order valence-electron chi connectivity index (χ4n) is 3.04. The fourth-order valence-corrected chi connectivity index (χ4v) is 3.73. The summed E-state index contributed by atoms with van der Waals surface area (Å²) in [5.74, 6) is -1.60. The molecule has 0 saturated carbocycles. The smallest absolute Gasteiger partial charge is 0.364 e. The third-order valence-electron chi connectivity index (χ3n) is 4.54. The van der Waals surface area contributed by atoms with E-state index in [0.717, 1.165) is 17.4 Å². The number of thiophene rings is 1. The molecule has 0 bridgehead atoms. The van der Waals surface area contributed by atoms with E-state index in [4.69, 9.17) is 0 Å². The van der Waals surface area contributed by atoms with Crippen LogP contribution in [0.5, 0.6) is 0 Å². The molecule has 1 amide bonds. The minimum absolute atomic E-state index is 0.0815. The number of aliphatic hydroxyl groups is 1. The molecule has 4 heterocycles. The Morgan fingerprint density at radius 2 is 1.94 bits per heavy atom. The van der Waals surface area contributed by atoms with Crippen LogP contribution >= 0.6 is 11.3 Å². The summed E-state index contributed by atoms with van der Waals surface area (Å²) >= 11 is 1.10. The molecule has 0 radical (unpaired) electrons. The van der Waals surface area contributed by atoms with Gasteiger partial charge in [-0.3, -0.25) is 4.79 Å². The molecule has 0 saturated heterocycles. The first-order valence-corrected chi connectivity index (χ1v) is 9.52. The van der Waals surface area contributed by atoms with Crippen molar-refractivity contribution in [2.75, 3.05) is 0 Å². The highest BCUT2D eigenvalue weighted by Crippen LogP contribution is 2.36. The van der Waals surface area contributed by atoms with E-state index in [1.807, 2.05) is 0 Å². The quantitative estimate of drug-likeness (QED) is 0.574. The Hall–Kier alpha value is -3.07. The van der Waals surface area contributed by atoms with Crippen LogP contribution in [-0.4, -0.2) is 54.9 Å². The van der Waals surface area contributed by atoms with E-state index in [0.29, 0.717) is 10.9 Å². The molecule has 0 spiro atoms. The van der Waals surface area contributed by atoms with Gasteiger partial charge in [-0.15, -0.1) is 11.3 Å². The molecule has 1 aliphatic rings. The van der Waals surface area contributed by atoms with Crippen LogP contribution in [-0.2, 0) is 6.18 Å². The van der Waals surface area contributed by atoms with Crippen molar-refractivity contribution in [3.05, 3.63) is 41.0 Å². The molecule has 0 fully saturated rings. The van der Waals surface area contributed by atoms with Crippen molar-refractivity contribution in [2.45, 2.75) is 31.2 Å². The highest BCUT2D eigenvalue weighted by atomic mass is 32.1. The molecule has 1 atom stereocenters. The lowest BCUT2D eigenvalue weighted by Gasteiger charge is -2.29. The number of halogens is 7. The number of hydrazone groups is 1. The van der Waals surface area contributed by atoms with Crippen molar-refractivity contribution in [1.82, 2.24) is 19.6 Å². The molecule has 4 rings (SSSR count). The van der Waals surface area contributed by atoms with Crippen molar-refractivity contribution in [3.63, 3.8) is 0 Å². The topological polar surface area (TPSA) is 83.1 Å². The first-order chi connectivity index (χ1) is 14.9. The molecule has 1 aliphatic heterocycles. The average molecular weight is 481 g/mol. The van der Waals surface area contributed by atoms with Gasteiger partial charge in [0.05, 0.1) is 10.6 Å². The maximum absolute atomic E-state index is 13.6. The molecular formula is C17H10F7N5O2S. The number of hydrogen-bond donors (Lipinski definition) is 1. The number of hydrogen-bond acceptors (Lipinski definition) is 6. The van der Waals surface area contributed by atoms with Gasteiger partial charge in [0, 0.05) is 12.5 Å². The molecule has 3 aromatic heterocycles. The zero-order chi connectivity index (χ0) is 23.4. The summed E-state index contributed by atoms with van der Waals surface area (Å²) in [6, 6.07) is 4.55. The number of rotatable bonds is 4. The number of amides is 1. The normalized spacial score (nSPS) is 19.4. The van der Waals surface area contributed by atoms with Crippen LogP contribution in [0.1, 0.15) is 22.6 Å². The van der Waals surface area contributed by atoms with Gasteiger partial charge in [0.2, 0.25) is 5.72 Å². The van der Waals surface area contributed by atoms with Crippen molar-refractivity contribution >= 4 is 28.6 Å². The zero-order valence-corrected chi connectivity index (χ0v) is 16.2. The van der Waals surface area contributed by atoms with Crippen LogP contribution < -0.4 is 0 Å².